The van der Waals surface area contributed by atoms with Crippen LogP contribution in [0.25, 0.3) is 0 Å². The van der Waals surface area contributed by atoms with Gasteiger partial charge in [0.1, 0.15) is 0 Å². The van der Waals surface area contributed by atoms with Gasteiger partial charge in [-0.3, -0.25) is 4.99 Å². The first-order valence-electron chi connectivity index (χ1n) is 10.4. The second-order valence-corrected chi connectivity index (χ2v) is 8.00. The van der Waals surface area contributed by atoms with E-state index in [9.17, 15) is 0 Å². The van der Waals surface area contributed by atoms with Gasteiger partial charge >= 0.3 is 0 Å². The van der Waals surface area contributed by atoms with Crippen LogP contribution in [0.1, 0.15) is 36.3 Å². The van der Waals surface area contributed by atoms with Crippen molar-refractivity contribution in [1.29, 1.82) is 0 Å². The average molecular weight is 378 g/mol. The van der Waals surface area contributed by atoms with Crippen molar-refractivity contribution in [3.63, 3.8) is 0 Å². The number of hydrogen-bond donors (Lipinski definition) is 1. The minimum atomic E-state index is 0.119. The highest BCUT2D eigenvalue weighted by molar-refractivity contribution is 5.80. The first-order chi connectivity index (χ1) is 13.8. The molecule has 0 spiro atoms. The number of ether oxygens (including phenoxy) is 1. The molecular weight excluding hydrogens is 346 g/mol. The van der Waals surface area contributed by atoms with Crippen molar-refractivity contribution in [2.24, 2.45) is 4.99 Å². The molecule has 1 unspecified atom stereocenters. The van der Waals surface area contributed by atoms with E-state index in [2.05, 4.69) is 75.9 Å². The highest BCUT2D eigenvalue weighted by Gasteiger charge is 2.35. The first-order valence-corrected chi connectivity index (χ1v) is 10.4. The second kappa shape index (κ2) is 8.78. The topological polar surface area (TPSA) is 36.9 Å². The largest absolute Gasteiger partial charge is 0.381 e. The summed E-state index contributed by atoms with van der Waals surface area (Å²) in [5.74, 6) is 1.62. The average Bonchev–Trinajstić information content (AvgIpc) is 3.26. The summed E-state index contributed by atoms with van der Waals surface area (Å²) >= 11 is 0. The number of benzene rings is 2. The molecule has 2 aromatic carbocycles. The van der Waals surface area contributed by atoms with Gasteiger partial charge in [-0.15, -0.1) is 0 Å². The summed E-state index contributed by atoms with van der Waals surface area (Å²) in [4.78, 5) is 7.02. The molecule has 4 rings (SSSR count). The Balaban J connectivity index is 1.43. The van der Waals surface area contributed by atoms with E-state index in [1.54, 1.807) is 0 Å². The Kier molecular flexibility index (Phi) is 5.96. The maximum atomic E-state index is 5.67. The molecule has 0 aliphatic carbocycles. The molecule has 0 radical (unpaired) electrons. The van der Waals surface area contributed by atoms with Crippen molar-refractivity contribution < 1.29 is 4.74 Å². The number of nitrogens with zero attached hydrogens (tertiary/aromatic N) is 2. The highest BCUT2D eigenvalue weighted by atomic mass is 16.5. The van der Waals surface area contributed by atoms with Crippen LogP contribution >= 0.6 is 0 Å². The van der Waals surface area contributed by atoms with E-state index < -0.39 is 0 Å². The number of hydrogen-bond acceptors (Lipinski definition) is 2. The Bertz CT molecular complexity index is 769. The SMILES string of the molecule is CN=C(NCC1(c2ccccc2)CCOCC1)N1CCC(c2ccccc2)C1. The third-order valence-electron chi connectivity index (χ3n) is 6.39. The van der Waals surface area contributed by atoms with Gasteiger partial charge in [0.15, 0.2) is 5.96 Å². The van der Waals surface area contributed by atoms with Gasteiger partial charge in [0.25, 0.3) is 0 Å². The number of aliphatic imine (C=N–C) groups is 1. The third-order valence-corrected chi connectivity index (χ3v) is 6.39. The molecule has 4 nitrogen and oxygen atoms in total. The molecule has 4 heteroatoms. The molecule has 0 amide bonds. The predicted molar refractivity (Wildman–Crippen MR) is 115 cm³/mol. The van der Waals surface area contributed by atoms with E-state index in [1.165, 1.54) is 17.5 Å². The van der Waals surface area contributed by atoms with E-state index >= 15 is 0 Å². The maximum absolute atomic E-state index is 5.67. The molecule has 2 fully saturated rings. The summed E-state index contributed by atoms with van der Waals surface area (Å²) < 4.78 is 5.67. The lowest BCUT2D eigenvalue weighted by molar-refractivity contribution is 0.0512. The van der Waals surface area contributed by atoms with Crippen molar-refractivity contribution in [2.75, 3.05) is 39.9 Å². The van der Waals surface area contributed by atoms with E-state index in [1.807, 2.05) is 7.05 Å². The van der Waals surface area contributed by atoms with Gasteiger partial charge in [0.2, 0.25) is 0 Å². The summed E-state index contributed by atoms with van der Waals surface area (Å²) in [5, 5.41) is 3.71. The zero-order valence-electron chi connectivity index (χ0n) is 16.8. The Labute approximate surface area is 168 Å². The quantitative estimate of drug-likeness (QED) is 0.650. The normalized spacial score (nSPS) is 22.2. The second-order valence-electron chi connectivity index (χ2n) is 8.00. The minimum Gasteiger partial charge on any atom is -0.381 e. The Morgan fingerprint density at radius 1 is 1.07 bits per heavy atom. The lowest BCUT2D eigenvalue weighted by Gasteiger charge is -2.39. The van der Waals surface area contributed by atoms with E-state index in [4.69, 9.17) is 4.74 Å². The minimum absolute atomic E-state index is 0.119. The summed E-state index contributed by atoms with van der Waals surface area (Å²) in [6.07, 6.45) is 3.28. The zero-order valence-corrected chi connectivity index (χ0v) is 16.8. The van der Waals surface area contributed by atoms with Crippen LogP contribution < -0.4 is 5.32 Å². The molecule has 148 valence electrons. The van der Waals surface area contributed by atoms with Crippen molar-refractivity contribution >= 4 is 5.96 Å². The summed E-state index contributed by atoms with van der Waals surface area (Å²) in [5.41, 5.74) is 2.96. The molecule has 0 aromatic heterocycles. The molecule has 1 N–H and O–H groups in total. The summed E-state index contributed by atoms with van der Waals surface area (Å²) in [6, 6.07) is 21.8. The van der Waals surface area contributed by atoms with Gasteiger partial charge in [-0.2, -0.15) is 0 Å². The Morgan fingerprint density at radius 3 is 2.43 bits per heavy atom. The number of likely N-dealkylation sites (tertiary alicyclic amines) is 1. The molecule has 2 heterocycles. The summed E-state index contributed by atoms with van der Waals surface area (Å²) in [7, 11) is 1.90. The van der Waals surface area contributed by atoms with Crippen LogP contribution in [0.5, 0.6) is 0 Å². The van der Waals surface area contributed by atoms with E-state index in [0.717, 1.165) is 51.6 Å². The highest BCUT2D eigenvalue weighted by Crippen LogP contribution is 2.34. The Hall–Kier alpha value is -2.33. The van der Waals surface area contributed by atoms with Gasteiger partial charge in [-0.05, 0) is 30.4 Å². The lowest BCUT2D eigenvalue weighted by atomic mass is 9.74. The molecule has 2 aliphatic heterocycles. The summed E-state index contributed by atoms with van der Waals surface area (Å²) in [6.45, 7) is 4.65. The molecule has 0 bridgehead atoms. The predicted octanol–water partition coefficient (Wildman–Crippen LogP) is 3.80. The first kappa shape index (κ1) is 19.0. The van der Waals surface area contributed by atoms with Gasteiger partial charge in [0, 0.05) is 51.2 Å². The molecule has 2 aromatic rings. The van der Waals surface area contributed by atoms with E-state index in [0.29, 0.717) is 5.92 Å². The van der Waals surface area contributed by atoms with Crippen molar-refractivity contribution in [3.05, 3.63) is 71.8 Å². The fourth-order valence-corrected chi connectivity index (χ4v) is 4.65. The monoisotopic (exact) mass is 377 g/mol. The molecule has 2 aliphatic rings. The molecular formula is C24H31N3O. The zero-order chi connectivity index (χ0) is 19.2. The van der Waals surface area contributed by atoms with Crippen LogP contribution in [0.15, 0.2) is 65.7 Å². The molecule has 2 saturated heterocycles. The third kappa shape index (κ3) is 4.07. The fraction of sp³-hybridized carbons (Fsp3) is 0.458. The van der Waals surface area contributed by atoms with E-state index in [-0.39, 0.29) is 5.41 Å². The van der Waals surface area contributed by atoms with Crippen LogP contribution in [0.2, 0.25) is 0 Å². The van der Waals surface area contributed by atoms with Crippen molar-refractivity contribution in [2.45, 2.75) is 30.6 Å². The lowest BCUT2D eigenvalue weighted by Crippen LogP contribution is -2.48. The number of rotatable bonds is 4. The van der Waals surface area contributed by atoms with Crippen LogP contribution in [-0.4, -0.2) is 50.8 Å². The molecule has 28 heavy (non-hydrogen) atoms. The van der Waals surface area contributed by atoms with Crippen molar-refractivity contribution in [3.8, 4) is 0 Å². The number of guanidine groups is 1. The molecule has 0 saturated carbocycles. The van der Waals surface area contributed by atoms with Crippen molar-refractivity contribution in [1.82, 2.24) is 10.2 Å². The molecule has 1 atom stereocenters. The standard InChI is InChI=1S/C24H31N3O/c1-25-23(27-15-12-21(18-27)20-8-4-2-5-9-20)26-19-24(13-16-28-17-14-24)22-10-6-3-7-11-22/h2-11,21H,12-19H2,1H3,(H,25,26). The van der Waals surface area contributed by atoms with Crippen LogP contribution in [0.4, 0.5) is 0 Å². The van der Waals surface area contributed by atoms with Gasteiger partial charge in [0.05, 0.1) is 0 Å². The Morgan fingerprint density at radius 2 is 1.75 bits per heavy atom. The van der Waals surface area contributed by atoms with Crippen LogP contribution in [-0.2, 0) is 10.2 Å². The van der Waals surface area contributed by atoms with Gasteiger partial charge < -0.3 is 15.0 Å². The number of nitrogens with one attached hydrogen (secondary N) is 1. The van der Waals surface area contributed by atoms with Crippen LogP contribution in [0.3, 0.4) is 0 Å². The maximum Gasteiger partial charge on any atom is 0.193 e. The smallest absolute Gasteiger partial charge is 0.193 e. The van der Waals surface area contributed by atoms with Crippen LogP contribution in [0, 0.1) is 0 Å². The van der Waals surface area contributed by atoms with Gasteiger partial charge in [-0.1, -0.05) is 60.7 Å². The van der Waals surface area contributed by atoms with Gasteiger partial charge in [-0.25, -0.2) is 0 Å². The fourth-order valence-electron chi connectivity index (χ4n) is 4.65.